The van der Waals surface area contributed by atoms with Gasteiger partial charge in [0.05, 0.1) is 25.3 Å². The largest absolute Gasteiger partial charge is 0.497 e. The molecule has 0 saturated carbocycles. The Morgan fingerprint density at radius 3 is 2.62 bits per heavy atom. The molecule has 3 aromatic rings. The maximum Gasteiger partial charge on any atom is 0.232 e. The minimum absolute atomic E-state index is 0.157. The van der Waals surface area contributed by atoms with Crippen molar-refractivity contribution in [1.29, 1.82) is 0 Å². The molecule has 0 amide bonds. The van der Waals surface area contributed by atoms with Crippen LogP contribution in [-0.2, 0) is 13.1 Å². The van der Waals surface area contributed by atoms with Crippen LogP contribution in [0, 0.1) is 6.92 Å². The zero-order valence-corrected chi connectivity index (χ0v) is 19.9. The average molecular weight is 478 g/mol. The van der Waals surface area contributed by atoms with Crippen molar-refractivity contribution < 1.29 is 23.7 Å². The van der Waals surface area contributed by atoms with Crippen LogP contribution in [0.3, 0.4) is 0 Å². The zero-order valence-electron chi connectivity index (χ0n) is 19.2. The number of hydrogen-bond acceptors (Lipinski definition) is 6. The first kappa shape index (κ1) is 22.3. The van der Waals surface area contributed by atoms with Gasteiger partial charge in [0.2, 0.25) is 5.78 Å². The quantitative estimate of drug-likeness (QED) is 0.444. The minimum Gasteiger partial charge on any atom is -0.497 e. The monoisotopic (exact) mass is 477 g/mol. The summed E-state index contributed by atoms with van der Waals surface area (Å²) < 4.78 is 23.0. The lowest BCUT2D eigenvalue weighted by atomic mass is 9.98. The third-order valence-corrected chi connectivity index (χ3v) is 6.28. The lowest BCUT2D eigenvalue weighted by molar-refractivity contribution is 0.0872. The van der Waals surface area contributed by atoms with E-state index in [1.807, 2.05) is 43.3 Å². The Labute approximate surface area is 203 Å². The van der Waals surface area contributed by atoms with Gasteiger partial charge in [0.1, 0.15) is 29.7 Å². The molecule has 2 aliphatic rings. The summed E-state index contributed by atoms with van der Waals surface area (Å²) in [5, 5.41) is 0.705. The average Bonchev–Trinajstić information content (AvgIpc) is 3.17. The van der Waals surface area contributed by atoms with Crippen LogP contribution in [0.25, 0.3) is 6.08 Å². The third kappa shape index (κ3) is 4.11. The predicted octanol–water partition coefficient (Wildman–Crippen LogP) is 5.63. The van der Waals surface area contributed by atoms with E-state index in [0.717, 1.165) is 22.4 Å². The lowest BCUT2D eigenvalue weighted by Crippen LogP contribution is -2.31. The molecule has 0 spiro atoms. The summed E-state index contributed by atoms with van der Waals surface area (Å²) in [7, 11) is 3.18. The first-order valence-electron chi connectivity index (χ1n) is 10.9. The standard InChI is InChI=1S/C27H24ClNO5/c1-16-10-23-21(14-29(15-33-23)13-17-4-6-19(28)7-5-17)27-25(16)26(30)24(34-27)12-18-11-20(31-2)8-9-22(18)32-3/h4-12H,13-15H2,1-3H3/b24-12-. The highest BCUT2D eigenvalue weighted by Gasteiger charge is 2.35. The van der Waals surface area contributed by atoms with Crippen LogP contribution < -0.4 is 18.9 Å². The SMILES string of the molecule is COc1ccc(OC)c(/C=C2\Oc3c4c(cc(C)c3C2=O)OCN(Cc2ccc(Cl)cc2)C4)c1. The molecule has 0 aromatic heterocycles. The maximum atomic E-state index is 13.3. The summed E-state index contributed by atoms with van der Waals surface area (Å²) >= 11 is 6.01. The molecule has 2 heterocycles. The van der Waals surface area contributed by atoms with Gasteiger partial charge in [-0.15, -0.1) is 0 Å². The van der Waals surface area contributed by atoms with E-state index in [2.05, 4.69) is 4.90 Å². The number of hydrogen-bond donors (Lipinski definition) is 0. The highest BCUT2D eigenvalue weighted by atomic mass is 35.5. The van der Waals surface area contributed by atoms with Crippen molar-refractivity contribution in [1.82, 2.24) is 4.90 Å². The van der Waals surface area contributed by atoms with Crippen molar-refractivity contribution in [3.8, 4) is 23.0 Å². The van der Waals surface area contributed by atoms with E-state index in [-0.39, 0.29) is 11.5 Å². The van der Waals surface area contributed by atoms with Gasteiger partial charge in [0.25, 0.3) is 0 Å². The maximum absolute atomic E-state index is 13.3. The molecule has 0 N–H and O–H groups in total. The van der Waals surface area contributed by atoms with Crippen LogP contribution in [0.1, 0.15) is 32.6 Å². The number of Topliss-reactive ketones (excluding diaryl/α,β-unsaturated/α-hetero) is 1. The van der Waals surface area contributed by atoms with E-state index < -0.39 is 0 Å². The number of carbonyl (C=O) groups excluding carboxylic acids is 1. The van der Waals surface area contributed by atoms with E-state index >= 15 is 0 Å². The minimum atomic E-state index is -0.157. The number of aryl methyl sites for hydroxylation is 1. The van der Waals surface area contributed by atoms with Crippen LogP contribution in [0.4, 0.5) is 0 Å². The number of fused-ring (bicyclic) bond motifs is 3. The number of halogens is 1. The van der Waals surface area contributed by atoms with Crippen molar-refractivity contribution in [3.05, 3.63) is 87.1 Å². The smallest absolute Gasteiger partial charge is 0.232 e. The Morgan fingerprint density at radius 1 is 1.09 bits per heavy atom. The molecule has 0 radical (unpaired) electrons. The number of carbonyl (C=O) groups is 1. The van der Waals surface area contributed by atoms with Gasteiger partial charge in [-0.05, 0) is 60.5 Å². The molecule has 2 aliphatic heterocycles. The molecule has 174 valence electrons. The van der Waals surface area contributed by atoms with Gasteiger partial charge in [0.15, 0.2) is 5.76 Å². The fourth-order valence-electron chi connectivity index (χ4n) is 4.32. The molecule has 34 heavy (non-hydrogen) atoms. The van der Waals surface area contributed by atoms with Crippen LogP contribution >= 0.6 is 11.6 Å². The molecular formula is C27H24ClNO5. The topological polar surface area (TPSA) is 57.2 Å². The van der Waals surface area contributed by atoms with Crippen molar-refractivity contribution in [3.63, 3.8) is 0 Å². The Bertz CT molecular complexity index is 1300. The van der Waals surface area contributed by atoms with E-state index in [1.165, 1.54) is 0 Å². The molecule has 0 saturated heterocycles. The molecule has 5 rings (SSSR count). The third-order valence-electron chi connectivity index (χ3n) is 6.03. The number of benzene rings is 3. The Balaban J connectivity index is 1.47. The summed E-state index contributed by atoms with van der Waals surface area (Å²) in [6, 6.07) is 15.1. The first-order valence-corrected chi connectivity index (χ1v) is 11.3. The van der Waals surface area contributed by atoms with Crippen LogP contribution in [-0.4, -0.2) is 31.6 Å². The summed E-state index contributed by atoms with van der Waals surface area (Å²) in [6.45, 7) is 3.64. The second kappa shape index (κ2) is 9.05. The number of ether oxygens (including phenoxy) is 4. The predicted molar refractivity (Wildman–Crippen MR) is 130 cm³/mol. The van der Waals surface area contributed by atoms with Crippen molar-refractivity contribution in [2.45, 2.75) is 20.0 Å². The molecule has 0 atom stereocenters. The van der Waals surface area contributed by atoms with Gasteiger partial charge in [-0.25, -0.2) is 0 Å². The molecule has 6 nitrogen and oxygen atoms in total. The number of allylic oxidation sites excluding steroid dienone is 1. The van der Waals surface area contributed by atoms with Crippen molar-refractivity contribution >= 4 is 23.5 Å². The number of ketones is 1. The molecular weight excluding hydrogens is 454 g/mol. The highest BCUT2D eigenvalue weighted by Crippen LogP contribution is 2.44. The summed E-state index contributed by atoms with van der Waals surface area (Å²) in [5.74, 6) is 2.68. The normalized spacial score (nSPS) is 16.0. The van der Waals surface area contributed by atoms with Crippen LogP contribution in [0.15, 0.2) is 54.3 Å². The molecule has 0 unspecified atom stereocenters. The van der Waals surface area contributed by atoms with Crippen molar-refractivity contribution in [2.75, 3.05) is 21.0 Å². The fraction of sp³-hybridized carbons (Fsp3) is 0.222. The summed E-state index contributed by atoms with van der Waals surface area (Å²) in [5.41, 5.74) is 4.10. The molecule has 7 heteroatoms. The van der Waals surface area contributed by atoms with Gasteiger partial charge in [-0.2, -0.15) is 0 Å². The van der Waals surface area contributed by atoms with Gasteiger partial charge in [0, 0.05) is 23.7 Å². The Morgan fingerprint density at radius 2 is 1.88 bits per heavy atom. The molecule has 0 fully saturated rings. The molecule has 0 aliphatic carbocycles. The van der Waals surface area contributed by atoms with Gasteiger partial charge in [-0.1, -0.05) is 23.7 Å². The Kier molecular flexibility index (Phi) is 5.94. The lowest BCUT2D eigenvalue weighted by Gasteiger charge is -2.30. The van der Waals surface area contributed by atoms with Crippen molar-refractivity contribution in [2.24, 2.45) is 0 Å². The van der Waals surface area contributed by atoms with Crippen LogP contribution in [0.5, 0.6) is 23.0 Å². The summed E-state index contributed by atoms with van der Waals surface area (Å²) in [4.78, 5) is 15.5. The Hall–Kier alpha value is -3.48. The summed E-state index contributed by atoms with van der Waals surface area (Å²) in [6.07, 6.45) is 1.70. The zero-order chi connectivity index (χ0) is 23.8. The fourth-order valence-corrected chi connectivity index (χ4v) is 4.44. The first-order chi connectivity index (χ1) is 16.5. The van der Waals surface area contributed by atoms with Crippen LogP contribution in [0.2, 0.25) is 5.02 Å². The second-order valence-electron chi connectivity index (χ2n) is 8.31. The van der Waals surface area contributed by atoms with Gasteiger partial charge >= 0.3 is 0 Å². The number of rotatable bonds is 5. The van der Waals surface area contributed by atoms with E-state index in [4.69, 9.17) is 30.5 Å². The molecule has 0 bridgehead atoms. The van der Waals surface area contributed by atoms with Gasteiger partial charge < -0.3 is 18.9 Å². The highest BCUT2D eigenvalue weighted by molar-refractivity contribution is 6.30. The second-order valence-corrected chi connectivity index (χ2v) is 8.75. The number of nitrogens with zero attached hydrogens (tertiary/aromatic N) is 1. The number of methoxy groups -OCH3 is 2. The van der Waals surface area contributed by atoms with E-state index in [9.17, 15) is 4.79 Å². The molecule has 3 aromatic carbocycles. The van der Waals surface area contributed by atoms with Gasteiger partial charge in [-0.3, -0.25) is 9.69 Å². The van der Waals surface area contributed by atoms with E-state index in [1.54, 1.807) is 32.4 Å². The van der Waals surface area contributed by atoms with E-state index in [0.29, 0.717) is 53.2 Å².